The third-order valence-corrected chi connectivity index (χ3v) is 2.89. The Morgan fingerprint density at radius 2 is 1.86 bits per heavy atom. The van der Waals surface area contributed by atoms with Crippen LogP contribution in [0.25, 0.3) is 0 Å². The van der Waals surface area contributed by atoms with Gasteiger partial charge >= 0.3 is 6.18 Å². The maximum absolute atomic E-state index is 12.4. The minimum absolute atomic E-state index is 0.332. The zero-order valence-corrected chi connectivity index (χ0v) is 11.6. The largest absolute Gasteiger partial charge is 0.416 e. The van der Waals surface area contributed by atoms with Gasteiger partial charge in [-0.1, -0.05) is 6.07 Å². The second kappa shape index (κ2) is 6.53. The number of thiocarbonyl (C=S) groups is 1. The number of rotatable bonds is 3. The number of aromatic nitrogens is 1. The molecule has 1 aromatic carbocycles. The molecule has 0 saturated carbocycles. The fourth-order valence-electron chi connectivity index (χ4n) is 1.60. The highest BCUT2D eigenvalue weighted by Crippen LogP contribution is 2.29. The lowest BCUT2D eigenvalue weighted by atomic mass is 10.2. The molecule has 1 aromatic heterocycles. The Kier molecular flexibility index (Phi) is 4.74. The molecule has 2 N–H and O–H groups in total. The van der Waals surface area contributed by atoms with E-state index in [-0.39, 0.29) is 0 Å². The van der Waals surface area contributed by atoms with Gasteiger partial charge in [0.2, 0.25) is 0 Å². The van der Waals surface area contributed by atoms with Crippen LogP contribution >= 0.6 is 12.2 Å². The number of nitrogens with zero attached hydrogens (tertiary/aromatic N) is 1. The Morgan fingerprint density at radius 3 is 2.43 bits per heavy atom. The summed E-state index contributed by atoms with van der Waals surface area (Å²) in [5.41, 5.74) is 0.753. The lowest BCUT2D eigenvalue weighted by Crippen LogP contribution is -2.27. The molecule has 2 aromatic rings. The number of nitrogens with one attached hydrogen (secondary N) is 2. The molecule has 0 aliphatic carbocycles. The monoisotopic (exact) mass is 311 g/mol. The molecule has 1 heterocycles. The summed E-state index contributed by atoms with van der Waals surface area (Å²) in [7, 11) is 0. The maximum atomic E-state index is 12.4. The first-order chi connectivity index (χ1) is 9.95. The van der Waals surface area contributed by atoms with E-state index in [1.165, 1.54) is 12.1 Å². The highest BCUT2D eigenvalue weighted by Gasteiger charge is 2.29. The summed E-state index contributed by atoms with van der Waals surface area (Å²) in [6, 6.07) is 8.38. The molecule has 0 spiro atoms. The molecule has 0 aliphatic rings. The molecule has 7 heteroatoms. The first-order valence-corrected chi connectivity index (χ1v) is 6.47. The fourth-order valence-corrected chi connectivity index (χ4v) is 1.79. The van der Waals surface area contributed by atoms with Crippen molar-refractivity contribution < 1.29 is 13.2 Å². The smallest absolute Gasteiger partial charge is 0.358 e. The van der Waals surface area contributed by atoms with Gasteiger partial charge in [-0.25, -0.2) is 0 Å². The minimum atomic E-state index is -4.34. The van der Waals surface area contributed by atoms with E-state index in [1.807, 2.05) is 12.1 Å². The number of anilines is 1. The summed E-state index contributed by atoms with van der Waals surface area (Å²) < 4.78 is 37.3. The Labute approximate surface area is 125 Å². The highest BCUT2D eigenvalue weighted by atomic mass is 32.1. The fraction of sp³-hybridized carbons (Fsp3) is 0.143. The third kappa shape index (κ3) is 4.71. The van der Waals surface area contributed by atoms with Crippen molar-refractivity contribution in [3.05, 3.63) is 59.9 Å². The molecule has 110 valence electrons. The number of hydrogen-bond donors (Lipinski definition) is 2. The van der Waals surface area contributed by atoms with Gasteiger partial charge in [0.25, 0.3) is 0 Å². The lowest BCUT2D eigenvalue weighted by Gasteiger charge is -2.11. The van der Waals surface area contributed by atoms with Gasteiger partial charge in [0.1, 0.15) is 0 Å². The van der Waals surface area contributed by atoms with Gasteiger partial charge in [0.15, 0.2) is 5.11 Å². The normalized spacial score (nSPS) is 11.0. The third-order valence-electron chi connectivity index (χ3n) is 2.65. The van der Waals surface area contributed by atoms with E-state index in [1.54, 1.807) is 12.4 Å². The number of pyridine rings is 1. The molecule has 0 amide bonds. The van der Waals surface area contributed by atoms with Crippen LogP contribution in [-0.4, -0.2) is 10.1 Å². The molecule has 0 bridgehead atoms. The zero-order chi connectivity index (χ0) is 15.3. The van der Waals surface area contributed by atoms with E-state index in [9.17, 15) is 13.2 Å². The quantitative estimate of drug-likeness (QED) is 0.850. The van der Waals surface area contributed by atoms with Crippen LogP contribution in [0.3, 0.4) is 0 Å². The van der Waals surface area contributed by atoms with Crippen LogP contribution in [0.5, 0.6) is 0 Å². The Hall–Kier alpha value is -2.15. The number of hydrogen-bond acceptors (Lipinski definition) is 2. The van der Waals surface area contributed by atoms with Crippen LogP contribution in [0.4, 0.5) is 18.9 Å². The second-order valence-corrected chi connectivity index (χ2v) is 4.65. The molecular formula is C14H12F3N3S. The van der Waals surface area contributed by atoms with Gasteiger partial charge in [-0.05, 0) is 48.1 Å². The van der Waals surface area contributed by atoms with Crippen molar-refractivity contribution in [2.75, 3.05) is 5.32 Å². The molecule has 0 atom stereocenters. The summed E-state index contributed by atoms with van der Waals surface area (Å²) in [6.07, 6.45) is -0.965. The second-order valence-electron chi connectivity index (χ2n) is 4.24. The molecule has 0 unspecified atom stereocenters. The van der Waals surface area contributed by atoms with E-state index < -0.39 is 11.7 Å². The Balaban J connectivity index is 1.88. The zero-order valence-electron chi connectivity index (χ0n) is 10.8. The van der Waals surface area contributed by atoms with Crippen LogP contribution in [0, 0.1) is 0 Å². The van der Waals surface area contributed by atoms with Crippen LogP contribution in [0.15, 0.2) is 48.8 Å². The van der Waals surface area contributed by atoms with Crippen LogP contribution in [0.1, 0.15) is 11.1 Å². The van der Waals surface area contributed by atoms with Crippen molar-refractivity contribution in [3.8, 4) is 0 Å². The van der Waals surface area contributed by atoms with E-state index in [0.29, 0.717) is 17.3 Å². The van der Waals surface area contributed by atoms with Crippen molar-refractivity contribution in [3.63, 3.8) is 0 Å². The maximum Gasteiger partial charge on any atom is 0.416 e. The van der Waals surface area contributed by atoms with Crippen molar-refractivity contribution >= 4 is 23.0 Å². The number of benzene rings is 1. The predicted octanol–water partition coefficient (Wildman–Crippen LogP) is 3.59. The predicted molar refractivity (Wildman–Crippen MR) is 78.7 cm³/mol. The van der Waals surface area contributed by atoms with Gasteiger partial charge in [-0.15, -0.1) is 0 Å². The average Bonchev–Trinajstić information content (AvgIpc) is 2.46. The summed E-state index contributed by atoms with van der Waals surface area (Å²) in [5.74, 6) is 0. The molecule has 0 aliphatic heterocycles. The van der Waals surface area contributed by atoms with Crippen LogP contribution < -0.4 is 10.6 Å². The van der Waals surface area contributed by atoms with E-state index >= 15 is 0 Å². The summed E-state index contributed by atoms with van der Waals surface area (Å²) in [4.78, 5) is 3.97. The van der Waals surface area contributed by atoms with Gasteiger partial charge in [0, 0.05) is 24.6 Å². The van der Waals surface area contributed by atoms with Crippen LogP contribution in [0.2, 0.25) is 0 Å². The minimum Gasteiger partial charge on any atom is -0.358 e. The van der Waals surface area contributed by atoms with Gasteiger partial charge < -0.3 is 10.6 Å². The molecular weight excluding hydrogens is 299 g/mol. The standard InChI is InChI=1S/C14H12F3N3S/c15-14(16,17)11-3-5-12(6-4-11)20-13(21)19-9-10-2-1-7-18-8-10/h1-8H,9H2,(H2,19,20,21). The molecule has 21 heavy (non-hydrogen) atoms. The topological polar surface area (TPSA) is 37.0 Å². The average molecular weight is 311 g/mol. The highest BCUT2D eigenvalue weighted by molar-refractivity contribution is 7.80. The van der Waals surface area contributed by atoms with Crippen molar-refractivity contribution in [1.29, 1.82) is 0 Å². The molecule has 0 fully saturated rings. The van der Waals surface area contributed by atoms with Gasteiger partial charge in [-0.2, -0.15) is 13.2 Å². The van der Waals surface area contributed by atoms with Crippen molar-refractivity contribution in [2.45, 2.75) is 12.7 Å². The SMILES string of the molecule is FC(F)(F)c1ccc(NC(=S)NCc2cccnc2)cc1. The first-order valence-electron chi connectivity index (χ1n) is 6.06. The summed E-state index contributed by atoms with van der Waals surface area (Å²) in [6.45, 7) is 0.486. The first kappa shape index (κ1) is 15.2. The van der Waals surface area contributed by atoms with Crippen LogP contribution in [-0.2, 0) is 12.7 Å². The van der Waals surface area contributed by atoms with Gasteiger partial charge in [-0.3, -0.25) is 4.98 Å². The van der Waals surface area contributed by atoms with Crippen molar-refractivity contribution in [2.24, 2.45) is 0 Å². The summed E-state index contributed by atoms with van der Waals surface area (Å²) in [5, 5.41) is 6.11. The molecule has 3 nitrogen and oxygen atoms in total. The number of alkyl halides is 3. The molecule has 0 radical (unpaired) electrons. The summed E-state index contributed by atoms with van der Waals surface area (Å²) >= 11 is 5.08. The number of halogens is 3. The van der Waals surface area contributed by atoms with E-state index in [2.05, 4.69) is 15.6 Å². The van der Waals surface area contributed by atoms with E-state index in [0.717, 1.165) is 17.7 Å². The Bertz CT molecular complexity index is 597. The van der Waals surface area contributed by atoms with E-state index in [4.69, 9.17) is 12.2 Å². The Morgan fingerprint density at radius 1 is 1.14 bits per heavy atom. The van der Waals surface area contributed by atoms with Crippen molar-refractivity contribution in [1.82, 2.24) is 10.3 Å². The molecule has 2 rings (SSSR count). The van der Waals surface area contributed by atoms with Gasteiger partial charge in [0.05, 0.1) is 5.56 Å². The lowest BCUT2D eigenvalue weighted by molar-refractivity contribution is -0.137. The molecule has 0 saturated heterocycles.